The molecule has 1 N–H and O–H groups in total. The average molecular weight is 387 g/mol. The first-order valence-corrected chi connectivity index (χ1v) is 8.44. The monoisotopic (exact) mass is 387 g/mol. The Morgan fingerprint density at radius 2 is 2.07 bits per heavy atom. The number of hydrogen-bond acceptors (Lipinski definition) is 7. The zero-order valence-corrected chi connectivity index (χ0v) is 14.7. The maximum absolute atomic E-state index is 12.2. The second-order valence-corrected chi connectivity index (χ2v) is 6.18. The molecular weight excluding hydrogens is 370 g/mol. The second-order valence-electron chi connectivity index (χ2n) is 6.18. The number of hydrogen-bond donors (Lipinski definition) is 1. The van der Waals surface area contributed by atoms with Crippen molar-refractivity contribution in [1.82, 2.24) is 4.90 Å². The van der Waals surface area contributed by atoms with E-state index in [0.29, 0.717) is 5.76 Å². The highest BCUT2D eigenvalue weighted by atomic mass is 16.6. The van der Waals surface area contributed by atoms with Crippen molar-refractivity contribution in [2.75, 3.05) is 18.5 Å². The van der Waals surface area contributed by atoms with E-state index < -0.39 is 29.3 Å². The SMILES string of the molecule is O=C(COC(=O)[C@@H]1CC(=O)N(Cc2ccco2)C1)Nc1ccccc1[N+](=O)[O-]. The van der Waals surface area contributed by atoms with Crippen molar-refractivity contribution >= 4 is 29.2 Å². The lowest BCUT2D eigenvalue weighted by Gasteiger charge is -2.14. The zero-order valence-electron chi connectivity index (χ0n) is 14.7. The van der Waals surface area contributed by atoms with Gasteiger partial charge >= 0.3 is 5.97 Å². The lowest BCUT2D eigenvalue weighted by Crippen LogP contribution is -2.28. The third-order valence-corrected chi connectivity index (χ3v) is 4.19. The molecule has 3 rings (SSSR count). The summed E-state index contributed by atoms with van der Waals surface area (Å²) in [6.45, 7) is -0.175. The van der Waals surface area contributed by atoms with Crippen LogP contribution in [0, 0.1) is 16.0 Å². The first kappa shape index (κ1) is 19.1. The molecule has 0 bridgehead atoms. The molecule has 1 saturated heterocycles. The molecule has 0 spiro atoms. The standard InChI is InChI=1S/C18H17N3O7/c22-16(19-14-5-1-2-6-15(14)21(25)26)11-28-18(24)12-8-17(23)20(9-12)10-13-4-3-7-27-13/h1-7,12H,8-11H2,(H,19,22)/t12-/m1/s1. The van der Waals surface area contributed by atoms with Gasteiger partial charge in [-0.1, -0.05) is 12.1 Å². The summed E-state index contributed by atoms with van der Waals surface area (Å²) in [5.74, 6) is -1.66. The molecule has 0 unspecified atom stereocenters. The zero-order chi connectivity index (χ0) is 20.1. The van der Waals surface area contributed by atoms with Crippen LogP contribution in [0.1, 0.15) is 12.2 Å². The van der Waals surface area contributed by atoms with E-state index >= 15 is 0 Å². The molecule has 1 aliphatic rings. The maximum Gasteiger partial charge on any atom is 0.311 e. The topological polar surface area (TPSA) is 132 Å². The van der Waals surface area contributed by atoms with Crippen LogP contribution in [0.3, 0.4) is 0 Å². The highest BCUT2D eigenvalue weighted by molar-refractivity contribution is 5.95. The number of furan rings is 1. The molecule has 2 heterocycles. The molecule has 0 aliphatic carbocycles. The maximum atomic E-state index is 12.2. The fraction of sp³-hybridized carbons (Fsp3) is 0.278. The van der Waals surface area contributed by atoms with Crippen LogP contribution >= 0.6 is 0 Å². The van der Waals surface area contributed by atoms with Crippen LogP contribution in [0.4, 0.5) is 11.4 Å². The van der Waals surface area contributed by atoms with Crippen LogP contribution in [0.25, 0.3) is 0 Å². The number of anilines is 1. The Labute approximate surface area is 159 Å². The van der Waals surface area contributed by atoms with Gasteiger partial charge < -0.3 is 19.4 Å². The van der Waals surface area contributed by atoms with Crippen LogP contribution < -0.4 is 5.32 Å². The highest BCUT2D eigenvalue weighted by Gasteiger charge is 2.36. The van der Waals surface area contributed by atoms with Crippen molar-refractivity contribution in [3.8, 4) is 0 Å². The number of nitro groups is 1. The number of rotatable bonds is 7. The van der Waals surface area contributed by atoms with E-state index in [-0.39, 0.29) is 36.8 Å². The number of para-hydroxylation sites is 2. The quantitative estimate of drug-likeness (QED) is 0.434. The predicted molar refractivity (Wildman–Crippen MR) is 94.9 cm³/mol. The molecule has 10 heteroatoms. The lowest BCUT2D eigenvalue weighted by molar-refractivity contribution is -0.383. The Morgan fingerprint density at radius 3 is 2.79 bits per heavy atom. The van der Waals surface area contributed by atoms with E-state index in [1.54, 1.807) is 12.1 Å². The van der Waals surface area contributed by atoms with E-state index in [2.05, 4.69) is 5.32 Å². The molecule has 0 radical (unpaired) electrons. The summed E-state index contributed by atoms with van der Waals surface area (Å²) in [6.07, 6.45) is 1.49. The molecule has 2 amide bonds. The molecule has 1 aliphatic heterocycles. The molecule has 1 atom stereocenters. The average Bonchev–Trinajstić information content (AvgIpc) is 3.30. The van der Waals surface area contributed by atoms with E-state index in [0.717, 1.165) is 0 Å². The highest BCUT2D eigenvalue weighted by Crippen LogP contribution is 2.24. The molecule has 1 aromatic heterocycles. The predicted octanol–water partition coefficient (Wildman–Crippen LogP) is 1.72. The van der Waals surface area contributed by atoms with Crippen LogP contribution in [-0.4, -0.2) is 40.8 Å². The fourth-order valence-corrected chi connectivity index (χ4v) is 2.85. The van der Waals surface area contributed by atoms with Gasteiger partial charge in [-0.25, -0.2) is 0 Å². The fourth-order valence-electron chi connectivity index (χ4n) is 2.85. The Bertz CT molecular complexity index is 894. The number of benzene rings is 1. The summed E-state index contributed by atoms with van der Waals surface area (Å²) in [5, 5.41) is 13.3. The van der Waals surface area contributed by atoms with Crippen molar-refractivity contribution in [2.45, 2.75) is 13.0 Å². The first-order chi connectivity index (χ1) is 13.4. The summed E-state index contributed by atoms with van der Waals surface area (Å²) < 4.78 is 10.2. The second kappa shape index (κ2) is 8.33. The first-order valence-electron chi connectivity index (χ1n) is 8.44. The van der Waals surface area contributed by atoms with Crippen LogP contribution in [0.15, 0.2) is 47.1 Å². The third kappa shape index (κ3) is 4.53. The Kier molecular flexibility index (Phi) is 5.68. The molecule has 28 heavy (non-hydrogen) atoms. The minimum Gasteiger partial charge on any atom is -0.467 e. The largest absolute Gasteiger partial charge is 0.467 e. The van der Waals surface area contributed by atoms with Crippen LogP contribution in [0.5, 0.6) is 0 Å². The van der Waals surface area contributed by atoms with E-state index in [1.165, 1.54) is 35.4 Å². The molecule has 0 saturated carbocycles. The normalized spacial score (nSPS) is 16.1. The van der Waals surface area contributed by atoms with Gasteiger partial charge in [0.2, 0.25) is 5.91 Å². The van der Waals surface area contributed by atoms with Gasteiger partial charge in [0, 0.05) is 19.0 Å². The molecule has 1 fully saturated rings. The molecule has 1 aromatic carbocycles. The number of nitrogens with one attached hydrogen (secondary N) is 1. The minimum absolute atomic E-state index is 0.00853. The Balaban J connectivity index is 1.50. The van der Waals surface area contributed by atoms with Gasteiger partial charge in [-0.2, -0.15) is 0 Å². The van der Waals surface area contributed by atoms with Crippen molar-refractivity contribution in [1.29, 1.82) is 0 Å². The molecule has 2 aromatic rings. The van der Waals surface area contributed by atoms with Gasteiger partial charge in [0.05, 0.1) is 23.6 Å². The number of amides is 2. The Hall–Kier alpha value is -3.69. The van der Waals surface area contributed by atoms with Crippen LogP contribution in [-0.2, 0) is 25.7 Å². The van der Waals surface area contributed by atoms with Crippen molar-refractivity contribution in [3.05, 3.63) is 58.5 Å². The van der Waals surface area contributed by atoms with Gasteiger partial charge in [0.15, 0.2) is 6.61 Å². The summed E-state index contributed by atoms with van der Waals surface area (Å²) >= 11 is 0. The van der Waals surface area contributed by atoms with Gasteiger partial charge in [-0.05, 0) is 18.2 Å². The van der Waals surface area contributed by atoms with Crippen LogP contribution in [0.2, 0.25) is 0 Å². The molecular formula is C18H17N3O7. The summed E-state index contributed by atoms with van der Waals surface area (Å²) in [4.78, 5) is 47.9. The number of esters is 1. The van der Waals surface area contributed by atoms with Gasteiger partial charge in [-0.3, -0.25) is 24.5 Å². The number of nitro benzene ring substituents is 1. The van der Waals surface area contributed by atoms with Gasteiger partial charge in [0.1, 0.15) is 11.4 Å². The summed E-state index contributed by atoms with van der Waals surface area (Å²) in [7, 11) is 0. The minimum atomic E-state index is -0.709. The van der Waals surface area contributed by atoms with E-state index in [4.69, 9.17) is 9.15 Å². The van der Waals surface area contributed by atoms with E-state index in [9.17, 15) is 24.5 Å². The Morgan fingerprint density at radius 1 is 1.29 bits per heavy atom. The summed E-state index contributed by atoms with van der Waals surface area (Å²) in [5.41, 5.74) is -0.258. The number of ether oxygens (including phenoxy) is 1. The smallest absolute Gasteiger partial charge is 0.311 e. The van der Waals surface area contributed by atoms with Gasteiger partial charge in [0.25, 0.3) is 11.6 Å². The van der Waals surface area contributed by atoms with Crippen molar-refractivity contribution in [2.24, 2.45) is 5.92 Å². The number of nitrogens with zero attached hydrogens (tertiary/aromatic N) is 2. The third-order valence-electron chi connectivity index (χ3n) is 4.19. The number of likely N-dealkylation sites (tertiary alicyclic amines) is 1. The van der Waals surface area contributed by atoms with Crippen molar-refractivity contribution < 1.29 is 28.5 Å². The lowest BCUT2D eigenvalue weighted by atomic mass is 10.1. The number of carbonyl (C=O) groups is 3. The molecule has 10 nitrogen and oxygen atoms in total. The molecule has 146 valence electrons. The summed E-state index contributed by atoms with van der Waals surface area (Å²) in [6, 6.07) is 9.06. The van der Waals surface area contributed by atoms with E-state index in [1.807, 2.05) is 0 Å². The number of carbonyl (C=O) groups excluding carboxylic acids is 3. The van der Waals surface area contributed by atoms with Gasteiger partial charge in [-0.15, -0.1) is 0 Å². The van der Waals surface area contributed by atoms with Crippen molar-refractivity contribution in [3.63, 3.8) is 0 Å².